The number of carboxylic acids is 1. The summed E-state index contributed by atoms with van der Waals surface area (Å²) in [5.41, 5.74) is -1.09. The van der Waals surface area contributed by atoms with E-state index < -0.39 is 23.0 Å². The topological polar surface area (TPSA) is 66.8 Å². The van der Waals surface area contributed by atoms with E-state index in [1.54, 1.807) is 4.90 Å². The Morgan fingerprint density at radius 2 is 1.90 bits per heavy atom. The third kappa shape index (κ3) is 2.90. The lowest BCUT2D eigenvalue weighted by Crippen LogP contribution is -2.55. The lowest BCUT2D eigenvalue weighted by atomic mass is 9.80. The molecule has 2 heterocycles. The molecule has 2 aliphatic heterocycles. The van der Waals surface area contributed by atoms with Crippen molar-refractivity contribution in [2.45, 2.75) is 51.2 Å². The van der Waals surface area contributed by atoms with E-state index in [2.05, 4.69) is 0 Å². The highest BCUT2D eigenvalue weighted by molar-refractivity contribution is 7.99. The van der Waals surface area contributed by atoms with E-state index in [1.807, 2.05) is 32.5 Å². The molecule has 2 aliphatic rings. The molecule has 1 atom stereocenters. The fraction of sp³-hybridized carbons (Fsp3) is 0.857. The Labute approximate surface area is 124 Å². The monoisotopic (exact) mass is 301 g/mol. The zero-order valence-electron chi connectivity index (χ0n) is 12.3. The molecule has 1 amide bonds. The number of likely N-dealkylation sites (tertiary alicyclic amines) is 1. The number of carbonyl (C=O) groups is 2. The molecule has 2 rings (SSSR count). The van der Waals surface area contributed by atoms with E-state index in [0.717, 1.165) is 24.3 Å². The van der Waals surface area contributed by atoms with Gasteiger partial charge in [0.15, 0.2) is 0 Å². The Balaban J connectivity index is 2.23. The minimum absolute atomic E-state index is 0.367. The molecule has 0 radical (unpaired) electrons. The highest BCUT2D eigenvalue weighted by Crippen LogP contribution is 2.45. The van der Waals surface area contributed by atoms with Crippen molar-refractivity contribution in [1.29, 1.82) is 0 Å². The molecular weight excluding hydrogens is 278 g/mol. The Kier molecular flexibility index (Phi) is 4.23. The van der Waals surface area contributed by atoms with Crippen molar-refractivity contribution in [2.24, 2.45) is 5.92 Å². The second-order valence-electron chi connectivity index (χ2n) is 6.53. The second kappa shape index (κ2) is 5.47. The third-order valence-corrected chi connectivity index (χ3v) is 5.08. The standard InChI is InChI=1S/C14H23NO4S/c1-13(2,3)19-12(18)15-7-4-10(11(16)17)14(15)5-8-20-9-6-14/h10H,4-9H2,1-3H3,(H,16,17). The smallest absolute Gasteiger partial charge is 0.410 e. The van der Waals surface area contributed by atoms with Crippen LogP contribution in [-0.2, 0) is 9.53 Å². The fourth-order valence-corrected chi connectivity index (χ4v) is 4.42. The van der Waals surface area contributed by atoms with Gasteiger partial charge in [-0.05, 0) is 51.5 Å². The van der Waals surface area contributed by atoms with Crippen LogP contribution in [0.25, 0.3) is 0 Å². The number of hydrogen-bond acceptors (Lipinski definition) is 4. The maximum absolute atomic E-state index is 12.4. The number of amides is 1. The van der Waals surface area contributed by atoms with E-state index in [4.69, 9.17) is 4.74 Å². The second-order valence-corrected chi connectivity index (χ2v) is 7.75. The van der Waals surface area contributed by atoms with Crippen molar-refractivity contribution < 1.29 is 19.4 Å². The quantitative estimate of drug-likeness (QED) is 0.806. The van der Waals surface area contributed by atoms with E-state index in [1.165, 1.54) is 0 Å². The predicted octanol–water partition coefficient (Wildman–Crippen LogP) is 2.59. The van der Waals surface area contributed by atoms with Crippen molar-refractivity contribution in [3.05, 3.63) is 0 Å². The van der Waals surface area contributed by atoms with Gasteiger partial charge in [0, 0.05) is 6.54 Å². The molecule has 1 spiro atoms. The molecule has 114 valence electrons. The lowest BCUT2D eigenvalue weighted by molar-refractivity contribution is -0.145. The van der Waals surface area contributed by atoms with Gasteiger partial charge in [-0.15, -0.1) is 0 Å². The molecule has 1 N–H and O–H groups in total. The molecular formula is C14H23NO4S. The van der Waals surface area contributed by atoms with Gasteiger partial charge in [-0.3, -0.25) is 4.79 Å². The number of aliphatic carboxylic acids is 1. The van der Waals surface area contributed by atoms with Crippen LogP contribution in [0.1, 0.15) is 40.0 Å². The SMILES string of the molecule is CC(C)(C)OC(=O)N1CCC(C(=O)O)C12CCSCC2. The highest BCUT2D eigenvalue weighted by atomic mass is 32.2. The van der Waals surface area contributed by atoms with Crippen molar-refractivity contribution in [1.82, 2.24) is 4.90 Å². The van der Waals surface area contributed by atoms with Gasteiger partial charge in [-0.1, -0.05) is 0 Å². The van der Waals surface area contributed by atoms with E-state index in [-0.39, 0.29) is 6.09 Å². The first-order valence-corrected chi connectivity index (χ1v) is 8.23. The summed E-state index contributed by atoms with van der Waals surface area (Å²) in [4.78, 5) is 25.6. The van der Waals surface area contributed by atoms with Crippen LogP contribution in [0.15, 0.2) is 0 Å². The first kappa shape index (κ1) is 15.5. The molecule has 20 heavy (non-hydrogen) atoms. The normalized spacial score (nSPS) is 25.8. The van der Waals surface area contributed by atoms with Gasteiger partial charge in [0.25, 0.3) is 0 Å². The molecule has 6 heteroatoms. The number of ether oxygens (including phenoxy) is 1. The summed E-state index contributed by atoms with van der Waals surface area (Å²) in [5, 5.41) is 9.48. The van der Waals surface area contributed by atoms with E-state index in [0.29, 0.717) is 13.0 Å². The van der Waals surface area contributed by atoms with Crippen molar-refractivity contribution in [3.8, 4) is 0 Å². The minimum atomic E-state index is -0.789. The Hall–Kier alpha value is -0.910. The maximum atomic E-state index is 12.4. The van der Waals surface area contributed by atoms with Crippen LogP contribution in [0.3, 0.4) is 0 Å². The molecule has 0 aromatic heterocycles. The van der Waals surface area contributed by atoms with E-state index >= 15 is 0 Å². The van der Waals surface area contributed by atoms with Gasteiger partial charge >= 0.3 is 12.1 Å². The molecule has 0 aromatic rings. The summed E-state index contributed by atoms with van der Waals surface area (Å²) in [6.07, 6.45) is 1.65. The number of carbonyl (C=O) groups excluding carboxylic acids is 1. The molecule has 0 saturated carbocycles. The van der Waals surface area contributed by atoms with Gasteiger partial charge in [-0.25, -0.2) is 4.79 Å². The van der Waals surface area contributed by atoms with Crippen LogP contribution in [-0.4, -0.2) is 51.3 Å². The average Bonchev–Trinajstić information content (AvgIpc) is 2.67. The van der Waals surface area contributed by atoms with Crippen LogP contribution in [0.2, 0.25) is 0 Å². The molecule has 0 aliphatic carbocycles. The van der Waals surface area contributed by atoms with Gasteiger partial charge in [0.05, 0.1) is 11.5 Å². The predicted molar refractivity (Wildman–Crippen MR) is 78.0 cm³/mol. The van der Waals surface area contributed by atoms with Crippen molar-refractivity contribution in [3.63, 3.8) is 0 Å². The van der Waals surface area contributed by atoms with Crippen LogP contribution in [0, 0.1) is 5.92 Å². The van der Waals surface area contributed by atoms with Crippen LogP contribution >= 0.6 is 11.8 Å². The molecule has 2 fully saturated rings. The summed E-state index contributed by atoms with van der Waals surface area (Å²) in [5.74, 6) is 0.561. The van der Waals surface area contributed by atoms with E-state index in [9.17, 15) is 14.7 Å². The summed E-state index contributed by atoms with van der Waals surface area (Å²) in [6.45, 7) is 5.98. The fourth-order valence-electron chi connectivity index (χ4n) is 3.22. The van der Waals surface area contributed by atoms with Crippen molar-refractivity contribution >= 4 is 23.8 Å². The number of rotatable bonds is 1. The van der Waals surface area contributed by atoms with Crippen LogP contribution in [0.5, 0.6) is 0 Å². The number of nitrogens with zero attached hydrogens (tertiary/aromatic N) is 1. The summed E-state index contributed by atoms with van der Waals surface area (Å²) in [7, 11) is 0. The highest BCUT2D eigenvalue weighted by Gasteiger charge is 2.55. The summed E-state index contributed by atoms with van der Waals surface area (Å²) in [6, 6.07) is 0. The molecule has 2 saturated heterocycles. The zero-order chi connectivity index (χ0) is 15.0. The Morgan fingerprint density at radius 1 is 1.30 bits per heavy atom. The van der Waals surface area contributed by atoms with Crippen molar-refractivity contribution in [2.75, 3.05) is 18.1 Å². The lowest BCUT2D eigenvalue weighted by Gasteiger charge is -2.43. The van der Waals surface area contributed by atoms with Crippen LogP contribution < -0.4 is 0 Å². The molecule has 0 bridgehead atoms. The number of carboxylic acid groups (broad SMARTS) is 1. The molecule has 5 nitrogen and oxygen atoms in total. The number of hydrogen-bond donors (Lipinski definition) is 1. The first-order chi connectivity index (χ1) is 9.26. The first-order valence-electron chi connectivity index (χ1n) is 7.07. The minimum Gasteiger partial charge on any atom is -0.481 e. The summed E-state index contributed by atoms with van der Waals surface area (Å²) < 4.78 is 5.46. The maximum Gasteiger partial charge on any atom is 0.410 e. The zero-order valence-corrected chi connectivity index (χ0v) is 13.2. The van der Waals surface area contributed by atoms with Gasteiger partial charge in [0.1, 0.15) is 5.60 Å². The molecule has 1 unspecified atom stereocenters. The summed E-state index contributed by atoms with van der Waals surface area (Å²) >= 11 is 1.82. The Bertz CT molecular complexity index is 398. The average molecular weight is 301 g/mol. The van der Waals surface area contributed by atoms with Gasteiger partial charge in [0.2, 0.25) is 0 Å². The third-order valence-electron chi connectivity index (χ3n) is 4.10. The van der Waals surface area contributed by atoms with Gasteiger partial charge < -0.3 is 14.7 Å². The van der Waals surface area contributed by atoms with Gasteiger partial charge in [-0.2, -0.15) is 11.8 Å². The largest absolute Gasteiger partial charge is 0.481 e. The Morgan fingerprint density at radius 3 is 2.40 bits per heavy atom. The van der Waals surface area contributed by atoms with Crippen LogP contribution in [0.4, 0.5) is 4.79 Å². The molecule has 0 aromatic carbocycles. The number of thioether (sulfide) groups is 1.